The Labute approximate surface area is 156 Å². The van der Waals surface area contributed by atoms with Crippen molar-refractivity contribution >= 4 is 11.9 Å². The first-order valence-electron chi connectivity index (χ1n) is 8.85. The molecule has 26 heavy (non-hydrogen) atoms. The van der Waals surface area contributed by atoms with E-state index < -0.39 is 0 Å². The Balaban J connectivity index is 1.75. The van der Waals surface area contributed by atoms with Crippen molar-refractivity contribution in [2.75, 3.05) is 19.0 Å². The molecule has 0 N–H and O–H groups in total. The van der Waals surface area contributed by atoms with Gasteiger partial charge in [-0.15, -0.1) is 0 Å². The Morgan fingerprint density at radius 2 is 1.19 bits per heavy atom. The molecule has 0 atom stereocenters. The number of hydrogen-bond donors (Lipinski definition) is 0. The zero-order chi connectivity index (χ0) is 18.2. The summed E-state index contributed by atoms with van der Waals surface area (Å²) in [5.41, 5.74) is 4.79. The molecule has 0 amide bonds. The van der Waals surface area contributed by atoms with E-state index in [1.807, 2.05) is 32.4 Å². The lowest BCUT2D eigenvalue weighted by molar-refractivity contribution is 0.272. The SMILES string of the molecule is CN(C)c1ccc(/C=N\N(Cc2ccccc2)Cc2ccccc2)cc1. The highest BCUT2D eigenvalue weighted by Crippen LogP contribution is 2.13. The van der Waals surface area contributed by atoms with Gasteiger partial charge in [0.2, 0.25) is 0 Å². The van der Waals surface area contributed by atoms with Gasteiger partial charge in [-0.25, -0.2) is 0 Å². The third-order valence-corrected chi connectivity index (χ3v) is 4.20. The van der Waals surface area contributed by atoms with Crippen LogP contribution in [-0.4, -0.2) is 25.3 Å². The van der Waals surface area contributed by atoms with E-state index >= 15 is 0 Å². The average molecular weight is 343 g/mol. The van der Waals surface area contributed by atoms with Gasteiger partial charge in [0, 0.05) is 19.8 Å². The number of anilines is 1. The molecule has 0 unspecified atom stereocenters. The van der Waals surface area contributed by atoms with Gasteiger partial charge >= 0.3 is 0 Å². The van der Waals surface area contributed by atoms with Gasteiger partial charge < -0.3 is 4.90 Å². The molecule has 3 rings (SSSR count). The molecule has 0 heterocycles. The highest BCUT2D eigenvalue weighted by Gasteiger charge is 2.04. The summed E-state index contributed by atoms with van der Waals surface area (Å²) >= 11 is 0. The van der Waals surface area contributed by atoms with Crippen LogP contribution in [0.2, 0.25) is 0 Å². The monoisotopic (exact) mass is 343 g/mol. The number of nitrogens with zero attached hydrogens (tertiary/aromatic N) is 3. The van der Waals surface area contributed by atoms with Gasteiger partial charge in [-0.1, -0.05) is 72.8 Å². The normalized spacial score (nSPS) is 10.8. The molecule has 3 heteroatoms. The Morgan fingerprint density at radius 3 is 1.65 bits per heavy atom. The van der Waals surface area contributed by atoms with Crippen molar-refractivity contribution in [2.24, 2.45) is 5.10 Å². The van der Waals surface area contributed by atoms with Crippen LogP contribution in [0.4, 0.5) is 5.69 Å². The van der Waals surface area contributed by atoms with Crippen LogP contribution in [0.25, 0.3) is 0 Å². The molecular weight excluding hydrogens is 318 g/mol. The molecule has 0 aliphatic carbocycles. The minimum atomic E-state index is 0.780. The molecule has 3 nitrogen and oxygen atoms in total. The summed E-state index contributed by atoms with van der Waals surface area (Å²) in [4.78, 5) is 2.10. The Bertz CT molecular complexity index is 768. The van der Waals surface area contributed by atoms with E-state index in [1.54, 1.807) is 0 Å². The minimum absolute atomic E-state index is 0.780. The quantitative estimate of drug-likeness (QED) is 0.454. The minimum Gasteiger partial charge on any atom is -0.378 e. The van der Waals surface area contributed by atoms with E-state index in [-0.39, 0.29) is 0 Å². The van der Waals surface area contributed by atoms with Crippen molar-refractivity contribution in [1.82, 2.24) is 5.01 Å². The zero-order valence-corrected chi connectivity index (χ0v) is 15.4. The fraction of sp³-hybridized carbons (Fsp3) is 0.174. The maximum atomic E-state index is 4.75. The number of benzene rings is 3. The molecule has 3 aromatic rings. The lowest BCUT2D eigenvalue weighted by Crippen LogP contribution is -2.17. The Hall–Kier alpha value is -3.07. The van der Waals surface area contributed by atoms with E-state index in [9.17, 15) is 0 Å². The molecule has 0 saturated carbocycles. The summed E-state index contributed by atoms with van der Waals surface area (Å²) in [5, 5.41) is 6.86. The standard InChI is InChI=1S/C23H25N3/c1-25(2)23-15-13-20(14-16-23)17-24-26(18-21-9-5-3-6-10-21)19-22-11-7-4-8-12-22/h3-17H,18-19H2,1-2H3/b24-17-. The Morgan fingerprint density at radius 1 is 0.692 bits per heavy atom. The highest BCUT2D eigenvalue weighted by molar-refractivity contribution is 5.80. The van der Waals surface area contributed by atoms with Crippen LogP contribution in [0.15, 0.2) is 90.0 Å². The Kier molecular flexibility index (Phi) is 6.05. The molecule has 132 valence electrons. The second kappa shape index (κ2) is 8.86. The summed E-state index contributed by atoms with van der Waals surface area (Å²) in [6, 6.07) is 29.3. The van der Waals surface area contributed by atoms with Crippen molar-refractivity contribution in [3.8, 4) is 0 Å². The van der Waals surface area contributed by atoms with Gasteiger partial charge in [0.15, 0.2) is 0 Å². The third-order valence-electron chi connectivity index (χ3n) is 4.20. The van der Waals surface area contributed by atoms with Crippen LogP contribution >= 0.6 is 0 Å². The first-order chi connectivity index (χ1) is 12.7. The van der Waals surface area contributed by atoms with Crippen molar-refractivity contribution in [3.05, 3.63) is 102 Å². The highest BCUT2D eigenvalue weighted by atomic mass is 15.4. The summed E-state index contributed by atoms with van der Waals surface area (Å²) in [6.07, 6.45) is 1.94. The molecule has 0 aliphatic rings. The molecule has 0 saturated heterocycles. The maximum Gasteiger partial charge on any atom is 0.0614 e. The maximum absolute atomic E-state index is 4.75. The summed E-state index contributed by atoms with van der Waals surface area (Å²) in [5.74, 6) is 0. The van der Waals surface area contributed by atoms with E-state index in [0.29, 0.717) is 0 Å². The van der Waals surface area contributed by atoms with Crippen molar-refractivity contribution < 1.29 is 0 Å². The number of rotatable bonds is 7. The predicted molar refractivity (Wildman–Crippen MR) is 110 cm³/mol. The van der Waals surface area contributed by atoms with E-state index in [1.165, 1.54) is 16.8 Å². The van der Waals surface area contributed by atoms with E-state index in [0.717, 1.165) is 18.7 Å². The summed E-state index contributed by atoms with van der Waals surface area (Å²) in [7, 11) is 4.09. The molecule has 3 aromatic carbocycles. The van der Waals surface area contributed by atoms with Crippen LogP contribution in [0, 0.1) is 0 Å². The topological polar surface area (TPSA) is 18.8 Å². The van der Waals surface area contributed by atoms with Gasteiger partial charge in [0.1, 0.15) is 0 Å². The number of hydrazone groups is 1. The lowest BCUT2D eigenvalue weighted by atomic mass is 10.2. The molecule has 0 aromatic heterocycles. The largest absolute Gasteiger partial charge is 0.378 e. The first kappa shape index (κ1) is 17.7. The molecule has 0 fully saturated rings. The van der Waals surface area contributed by atoms with Gasteiger partial charge in [0.25, 0.3) is 0 Å². The first-order valence-corrected chi connectivity index (χ1v) is 8.85. The molecular formula is C23H25N3. The summed E-state index contributed by atoms with van der Waals surface area (Å²) < 4.78 is 0. The second-order valence-electron chi connectivity index (χ2n) is 6.52. The van der Waals surface area contributed by atoms with Gasteiger partial charge in [-0.05, 0) is 28.8 Å². The van der Waals surface area contributed by atoms with Gasteiger partial charge in [-0.3, -0.25) is 5.01 Å². The molecule has 0 radical (unpaired) electrons. The molecule has 0 aliphatic heterocycles. The second-order valence-corrected chi connectivity index (χ2v) is 6.52. The van der Waals surface area contributed by atoms with Crippen LogP contribution in [0.1, 0.15) is 16.7 Å². The smallest absolute Gasteiger partial charge is 0.0614 e. The van der Waals surface area contributed by atoms with E-state index in [2.05, 4.69) is 82.7 Å². The predicted octanol–water partition coefficient (Wildman–Crippen LogP) is 4.79. The van der Waals surface area contributed by atoms with Crippen LogP contribution in [0.5, 0.6) is 0 Å². The van der Waals surface area contributed by atoms with Gasteiger partial charge in [-0.2, -0.15) is 5.10 Å². The average Bonchev–Trinajstić information content (AvgIpc) is 2.68. The van der Waals surface area contributed by atoms with Gasteiger partial charge in [0.05, 0.1) is 19.3 Å². The zero-order valence-electron chi connectivity index (χ0n) is 15.4. The van der Waals surface area contributed by atoms with Crippen LogP contribution in [-0.2, 0) is 13.1 Å². The van der Waals surface area contributed by atoms with Crippen molar-refractivity contribution in [2.45, 2.75) is 13.1 Å². The lowest BCUT2D eigenvalue weighted by Gasteiger charge is -2.19. The summed E-state index contributed by atoms with van der Waals surface area (Å²) in [6.45, 7) is 1.56. The third kappa shape index (κ3) is 5.21. The van der Waals surface area contributed by atoms with Crippen molar-refractivity contribution in [1.29, 1.82) is 0 Å². The van der Waals surface area contributed by atoms with Crippen molar-refractivity contribution in [3.63, 3.8) is 0 Å². The fourth-order valence-electron chi connectivity index (χ4n) is 2.73. The van der Waals surface area contributed by atoms with E-state index in [4.69, 9.17) is 5.10 Å². The van der Waals surface area contributed by atoms with Crippen LogP contribution in [0.3, 0.4) is 0 Å². The molecule has 0 bridgehead atoms. The molecule has 0 spiro atoms. The number of hydrogen-bond acceptors (Lipinski definition) is 3. The van der Waals surface area contributed by atoms with Crippen LogP contribution < -0.4 is 4.90 Å². The fourth-order valence-corrected chi connectivity index (χ4v) is 2.73.